The number of nitrogens with zero attached hydrogens (tertiary/aromatic N) is 5. The molecule has 0 aliphatic heterocycles. The van der Waals surface area contributed by atoms with Crippen molar-refractivity contribution in [1.29, 1.82) is 0 Å². The van der Waals surface area contributed by atoms with Crippen LogP contribution >= 0.6 is 0 Å². The zero-order valence-electron chi connectivity index (χ0n) is 15.3. The molecule has 1 aliphatic rings. The fraction of sp³-hybridized carbons (Fsp3) is 0.556. The van der Waals surface area contributed by atoms with Crippen molar-refractivity contribution in [1.82, 2.24) is 25.1 Å². The average Bonchev–Trinajstić information content (AvgIpc) is 3.14. The average molecular weight is 343 g/mol. The van der Waals surface area contributed by atoms with Crippen LogP contribution in [-0.4, -0.2) is 51.2 Å². The normalized spacial score (nSPS) is 17.3. The minimum Gasteiger partial charge on any atom is -0.494 e. The molecule has 0 saturated heterocycles. The first-order valence-corrected chi connectivity index (χ1v) is 8.60. The molecule has 3 rings (SSSR count). The molecule has 1 aromatic heterocycles. The van der Waals surface area contributed by atoms with Gasteiger partial charge in [0.25, 0.3) is 5.91 Å². The van der Waals surface area contributed by atoms with Gasteiger partial charge in [-0.1, -0.05) is 13.8 Å². The summed E-state index contributed by atoms with van der Waals surface area (Å²) in [6, 6.07) is 5.64. The van der Waals surface area contributed by atoms with Gasteiger partial charge < -0.3 is 9.64 Å². The number of tetrazole rings is 1. The first-order chi connectivity index (χ1) is 11.9. The highest BCUT2D eigenvalue weighted by molar-refractivity contribution is 5.95. The third kappa shape index (κ3) is 3.65. The lowest BCUT2D eigenvalue weighted by Crippen LogP contribution is -2.40. The molecular formula is C18H25N5O2. The van der Waals surface area contributed by atoms with Crippen LogP contribution in [0.5, 0.6) is 5.75 Å². The Morgan fingerprint density at radius 1 is 1.32 bits per heavy atom. The Hall–Kier alpha value is -2.44. The van der Waals surface area contributed by atoms with E-state index in [2.05, 4.69) is 29.4 Å². The van der Waals surface area contributed by atoms with Crippen molar-refractivity contribution in [3.05, 3.63) is 30.1 Å². The second-order valence-corrected chi connectivity index (χ2v) is 7.45. The first-order valence-electron chi connectivity index (χ1n) is 8.60. The van der Waals surface area contributed by atoms with E-state index in [1.54, 1.807) is 25.3 Å². The van der Waals surface area contributed by atoms with Crippen LogP contribution in [0.1, 0.15) is 49.9 Å². The molecule has 0 unspecified atom stereocenters. The van der Waals surface area contributed by atoms with Crippen LogP contribution in [0.2, 0.25) is 0 Å². The van der Waals surface area contributed by atoms with Crippen LogP contribution in [0.3, 0.4) is 0 Å². The summed E-state index contributed by atoms with van der Waals surface area (Å²) >= 11 is 0. The monoisotopic (exact) mass is 343 g/mol. The van der Waals surface area contributed by atoms with E-state index in [1.807, 2.05) is 11.9 Å². The number of ether oxygens (including phenoxy) is 1. The van der Waals surface area contributed by atoms with Crippen molar-refractivity contribution in [2.75, 3.05) is 14.2 Å². The lowest BCUT2D eigenvalue weighted by molar-refractivity contribution is 0.0635. The van der Waals surface area contributed by atoms with Crippen molar-refractivity contribution in [3.8, 4) is 11.4 Å². The van der Waals surface area contributed by atoms with Crippen LogP contribution in [0.25, 0.3) is 5.69 Å². The Labute approximate surface area is 148 Å². The summed E-state index contributed by atoms with van der Waals surface area (Å²) in [6.07, 6.45) is 5.87. The molecule has 1 fully saturated rings. The maximum Gasteiger partial charge on any atom is 0.253 e. The maximum absolute atomic E-state index is 13.0. The molecule has 0 N–H and O–H groups in total. The number of carbonyl (C=O) groups is 1. The quantitative estimate of drug-likeness (QED) is 0.853. The van der Waals surface area contributed by atoms with Gasteiger partial charge in [-0.2, -0.15) is 4.68 Å². The molecule has 25 heavy (non-hydrogen) atoms. The van der Waals surface area contributed by atoms with Gasteiger partial charge in [0, 0.05) is 18.7 Å². The highest BCUT2D eigenvalue weighted by Gasteiger charge is 2.31. The Balaban J connectivity index is 1.81. The van der Waals surface area contributed by atoms with Crippen LogP contribution in [-0.2, 0) is 0 Å². The third-order valence-corrected chi connectivity index (χ3v) is 5.20. The Morgan fingerprint density at radius 3 is 2.64 bits per heavy atom. The van der Waals surface area contributed by atoms with Crippen LogP contribution in [0.4, 0.5) is 0 Å². The molecule has 0 radical (unpaired) electrons. The maximum atomic E-state index is 13.0. The fourth-order valence-corrected chi connectivity index (χ4v) is 3.41. The van der Waals surface area contributed by atoms with Gasteiger partial charge in [-0.05, 0) is 59.7 Å². The summed E-state index contributed by atoms with van der Waals surface area (Å²) < 4.78 is 6.86. The van der Waals surface area contributed by atoms with Crippen molar-refractivity contribution < 1.29 is 9.53 Å². The minimum absolute atomic E-state index is 0.0154. The van der Waals surface area contributed by atoms with Gasteiger partial charge in [0.15, 0.2) is 0 Å². The summed E-state index contributed by atoms with van der Waals surface area (Å²) in [4.78, 5) is 14.8. The van der Waals surface area contributed by atoms with E-state index in [0.717, 1.165) is 25.7 Å². The smallest absolute Gasteiger partial charge is 0.253 e. The topological polar surface area (TPSA) is 73.1 Å². The van der Waals surface area contributed by atoms with E-state index in [1.165, 1.54) is 11.0 Å². The number of hydrogen-bond donors (Lipinski definition) is 0. The number of rotatable bonds is 4. The highest BCUT2D eigenvalue weighted by Crippen LogP contribution is 2.37. The molecule has 1 aromatic carbocycles. The number of hydrogen-bond acceptors (Lipinski definition) is 5. The van der Waals surface area contributed by atoms with Gasteiger partial charge in [-0.25, -0.2) is 0 Å². The molecule has 0 spiro atoms. The standard InChI is InChI=1S/C18H25N5O2/c1-18(2)9-7-14(8-10-18)22(3)17(24)13-5-6-16(25-4)15(11-13)23-12-19-20-21-23/h5-6,11-12,14H,7-10H2,1-4H3. The SMILES string of the molecule is COc1ccc(C(=O)N(C)C2CCC(C)(C)CC2)cc1-n1cnnn1. The van der Waals surface area contributed by atoms with Gasteiger partial charge in [0.2, 0.25) is 0 Å². The summed E-state index contributed by atoms with van der Waals surface area (Å²) in [5, 5.41) is 11.2. The summed E-state index contributed by atoms with van der Waals surface area (Å²) in [6.45, 7) is 4.60. The van der Waals surface area contributed by atoms with Crippen LogP contribution in [0.15, 0.2) is 24.5 Å². The van der Waals surface area contributed by atoms with Gasteiger partial charge in [-0.3, -0.25) is 4.79 Å². The first kappa shape index (κ1) is 17.4. The number of methoxy groups -OCH3 is 1. The molecule has 1 saturated carbocycles. The van der Waals surface area contributed by atoms with Gasteiger partial charge >= 0.3 is 0 Å². The number of aromatic nitrogens is 4. The van der Waals surface area contributed by atoms with E-state index < -0.39 is 0 Å². The second kappa shape index (κ2) is 6.82. The molecule has 0 atom stereocenters. The van der Waals surface area contributed by atoms with E-state index in [0.29, 0.717) is 28.5 Å². The van der Waals surface area contributed by atoms with E-state index >= 15 is 0 Å². The lowest BCUT2D eigenvalue weighted by atomic mass is 9.75. The van der Waals surface area contributed by atoms with Gasteiger partial charge in [-0.15, -0.1) is 5.10 Å². The van der Waals surface area contributed by atoms with Crippen molar-refractivity contribution in [2.24, 2.45) is 5.41 Å². The predicted molar refractivity (Wildman–Crippen MR) is 93.8 cm³/mol. The number of amides is 1. The predicted octanol–water partition coefficient (Wildman–Crippen LogP) is 2.71. The van der Waals surface area contributed by atoms with E-state index in [-0.39, 0.29) is 5.91 Å². The van der Waals surface area contributed by atoms with Crippen LogP contribution < -0.4 is 4.74 Å². The molecule has 1 heterocycles. The van der Waals surface area contributed by atoms with Gasteiger partial charge in [0.05, 0.1) is 7.11 Å². The largest absolute Gasteiger partial charge is 0.494 e. The summed E-state index contributed by atoms with van der Waals surface area (Å²) in [7, 11) is 3.48. The molecule has 134 valence electrons. The van der Waals surface area contributed by atoms with Crippen molar-refractivity contribution in [2.45, 2.75) is 45.6 Å². The summed E-state index contributed by atoms with van der Waals surface area (Å²) in [5.41, 5.74) is 1.64. The minimum atomic E-state index is 0.0154. The molecule has 7 heteroatoms. The van der Waals surface area contributed by atoms with Crippen molar-refractivity contribution in [3.63, 3.8) is 0 Å². The zero-order valence-corrected chi connectivity index (χ0v) is 15.3. The second-order valence-electron chi connectivity index (χ2n) is 7.45. The molecule has 0 bridgehead atoms. The Kier molecular flexibility index (Phi) is 4.74. The Bertz CT molecular complexity index is 732. The van der Waals surface area contributed by atoms with Crippen LogP contribution in [0, 0.1) is 5.41 Å². The third-order valence-electron chi connectivity index (χ3n) is 5.20. The lowest BCUT2D eigenvalue weighted by Gasteiger charge is -2.38. The molecule has 1 amide bonds. The molecule has 2 aromatic rings. The number of benzene rings is 1. The van der Waals surface area contributed by atoms with Crippen molar-refractivity contribution >= 4 is 5.91 Å². The van der Waals surface area contributed by atoms with Gasteiger partial charge in [0.1, 0.15) is 17.8 Å². The highest BCUT2D eigenvalue weighted by atomic mass is 16.5. The molecular weight excluding hydrogens is 318 g/mol. The molecule has 1 aliphatic carbocycles. The van der Waals surface area contributed by atoms with E-state index in [9.17, 15) is 4.79 Å². The zero-order chi connectivity index (χ0) is 18.0. The molecule has 7 nitrogen and oxygen atoms in total. The number of carbonyl (C=O) groups excluding carboxylic acids is 1. The summed E-state index contributed by atoms with van der Waals surface area (Å²) in [5.74, 6) is 0.632. The Morgan fingerprint density at radius 2 is 2.04 bits per heavy atom. The van der Waals surface area contributed by atoms with E-state index in [4.69, 9.17) is 4.74 Å². The fourth-order valence-electron chi connectivity index (χ4n) is 3.41.